The van der Waals surface area contributed by atoms with Crippen LogP contribution in [0.1, 0.15) is 46.1 Å². The second-order valence-electron chi connectivity index (χ2n) is 5.37. The van der Waals surface area contributed by atoms with Crippen LogP contribution in [0.25, 0.3) is 6.08 Å². The number of carbonyl (C=O) groups excluding carboxylic acids is 1. The topological polar surface area (TPSA) is 29.5 Å². The van der Waals surface area contributed by atoms with Crippen molar-refractivity contribution in [1.29, 1.82) is 0 Å². The first-order chi connectivity index (χ1) is 10.0. The number of nitrogens with zero attached hydrogens (tertiary/aromatic N) is 1. The number of benzene rings is 1. The zero-order valence-corrected chi connectivity index (χ0v) is 13.8. The largest absolute Gasteiger partial charge is 0.497 e. The van der Waals surface area contributed by atoms with Crippen LogP contribution < -0.4 is 4.74 Å². The number of hydrogen-bond donors (Lipinski definition) is 0. The van der Waals surface area contributed by atoms with E-state index in [-0.39, 0.29) is 18.0 Å². The van der Waals surface area contributed by atoms with Crippen molar-refractivity contribution in [3.63, 3.8) is 0 Å². The third kappa shape index (κ3) is 4.92. The average Bonchev–Trinajstić information content (AvgIpc) is 2.53. The summed E-state index contributed by atoms with van der Waals surface area (Å²) in [4.78, 5) is 14.4. The maximum atomic E-state index is 12.5. The van der Waals surface area contributed by atoms with E-state index in [1.54, 1.807) is 13.2 Å². The van der Waals surface area contributed by atoms with Gasteiger partial charge in [-0.3, -0.25) is 4.79 Å². The smallest absolute Gasteiger partial charge is 0.247 e. The molecule has 0 aliphatic heterocycles. The Kier molecular flexibility index (Phi) is 7.00. The molecule has 1 rings (SSSR count). The maximum absolute atomic E-state index is 12.5. The van der Waals surface area contributed by atoms with Gasteiger partial charge in [0.1, 0.15) is 5.75 Å². The molecule has 1 aromatic rings. The summed E-state index contributed by atoms with van der Waals surface area (Å²) in [6.45, 7) is 8.43. The minimum Gasteiger partial charge on any atom is -0.497 e. The van der Waals surface area contributed by atoms with Crippen LogP contribution in [0.15, 0.2) is 30.3 Å². The van der Waals surface area contributed by atoms with Gasteiger partial charge >= 0.3 is 0 Å². The Bertz CT molecular complexity index is 455. The van der Waals surface area contributed by atoms with Gasteiger partial charge in [0, 0.05) is 18.2 Å². The summed E-state index contributed by atoms with van der Waals surface area (Å²) in [5.41, 5.74) is 0.998. The molecule has 116 valence electrons. The van der Waals surface area contributed by atoms with Gasteiger partial charge in [-0.25, -0.2) is 0 Å². The molecule has 0 aromatic heterocycles. The molecule has 0 spiro atoms. The molecule has 0 aliphatic carbocycles. The normalized spacial score (nSPS) is 14.0. The molecule has 0 saturated carbocycles. The molecule has 0 saturated heterocycles. The number of methoxy groups -OCH3 is 1. The Morgan fingerprint density at radius 2 is 1.67 bits per heavy atom. The Labute approximate surface area is 128 Å². The highest BCUT2D eigenvalue weighted by Crippen LogP contribution is 2.15. The van der Waals surface area contributed by atoms with Crippen LogP contribution in [0.3, 0.4) is 0 Å². The lowest BCUT2D eigenvalue weighted by atomic mass is 10.1. The van der Waals surface area contributed by atoms with Crippen molar-refractivity contribution in [3.8, 4) is 5.75 Å². The molecule has 21 heavy (non-hydrogen) atoms. The molecule has 3 nitrogen and oxygen atoms in total. The molecule has 1 amide bonds. The first kappa shape index (κ1) is 17.3. The summed E-state index contributed by atoms with van der Waals surface area (Å²) >= 11 is 0. The van der Waals surface area contributed by atoms with Crippen LogP contribution >= 0.6 is 0 Å². The van der Waals surface area contributed by atoms with E-state index in [1.807, 2.05) is 35.2 Å². The zero-order chi connectivity index (χ0) is 15.8. The van der Waals surface area contributed by atoms with Crippen LogP contribution in [-0.2, 0) is 4.79 Å². The fourth-order valence-corrected chi connectivity index (χ4v) is 2.23. The second-order valence-corrected chi connectivity index (χ2v) is 5.37. The van der Waals surface area contributed by atoms with E-state index in [4.69, 9.17) is 4.74 Å². The van der Waals surface area contributed by atoms with E-state index in [0.717, 1.165) is 24.2 Å². The van der Waals surface area contributed by atoms with Crippen molar-refractivity contribution < 1.29 is 9.53 Å². The summed E-state index contributed by atoms with van der Waals surface area (Å²) < 4.78 is 5.13. The number of amides is 1. The molecule has 1 aromatic carbocycles. The van der Waals surface area contributed by atoms with Crippen molar-refractivity contribution >= 4 is 12.0 Å². The van der Waals surface area contributed by atoms with Crippen molar-refractivity contribution in [2.24, 2.45) is 0 Å². The van der Waals surface area contributed by atoms with Crippen LogP contribution in [-0.4, -0.2) is 30.0 Å². The van der Waals surface area contributed by atoms with Crippen LogP contribution in [0.4, 0.5) is 0 Å². The Morgan fingerprint density at radius 3 is 2.10 bits per heavy atom. The standard InChI is InChI=1S/C18H27NO2/c1-6-14(3)19(15(4)7-2)18(20)13-10-16-8-11-17(21-5)12-9-16/h8-15H,6-7H2,1-5H3/b13-10+. The number of hydrogen-bond acceptors (Lipinski definition) is 2. The summed E-state index contributed by atoms with van der Waals surface area (Å²) in [6.07, 6.45) is 5.46. The van der Waals surface area contributed by atoms with E-state index in [1.165, 1.54) is 0 Å². The molecule has 0 fully saturated rings. The average molecular weight is 289 g/mol. The second kappa shape index (κ2) is 8.50. The third-order valence-electron chi connectivity index (χ3n) is 3.92. The van der Waals surface area contributed by atoms with Gasteiger partial charge in [-0.15, -0.1) is 0 Å². The first-order valence-electron chi connectivity index (χ1n) is 7.67. The van der Waals surface area contributed by atoms with E-state index in [9.17, 15) is 4.79 Å². The maximum Gasteiger partial charge on any atom is 0.247 e. The molecule has 0 bridgehead atoms. The monoisotopic (exact) mass is 289 g/mol. The van der Waals surface area contributed by atoms with Gasteiger partial charge < -0.3 is 9.64 Å². The lowest BCUT2D eigenvalue weighted by Gasteiger charge is -2.33. The van der Waals surface area contributed by atoms with E-state index >= 15 is 0 Å². The molecule has 0 N–H and O–H groups in total. The summed E-state index contributed by atoms with van der Waals surface area (Å²) in [5, 5.41) is 0. The molecule has 2 atom stereocenters. The number of ether oxygens (including phenoxy) is 1. The summed E-state index contributed by atoms with van der Waals surface area (Å²) in [5.74, 6) is 0.897. The van der Waals surface area contributed by atoms with Gasteiger partial charge in [-0.2, -0.15) is 0 Å². The molecular formula is C18H27NO2. The Balaban J connectivity index is 2.81. The molecule has 0 radical (unpaired) electrons. The molecule has 0 aliphatic rings. The quantitative estimate of drug-likeness (QED) is 0.706. The van der Waals surface area contributed by atoms with Gasteiger partial charge in [0.2, 0.25) is 5.91 Å². The SMILES string of the molecule is CCC(C)N(C(=O)/C=C/c1ccc(OC)cc1)C(C)CC. The number of rotatable bonds is 7. The molecule has 0 heterocycles. The molecule has 3 heteroatoms. The van der Waals surface area contributed by atoms with Gasteiger partial charge in [0.05, 0.1) is 7.11 Å². The Morgan fingerprint density at radius 1 is 1.14 bits per heavy atom. The minimum absolute atomic E-state index is 0.0783. The fourth-order valence-electron chi connectivity index (χ4n) is 2.23. The van der Waals surface area contributed by atoms with Gasteiger partial charge in [0.15, 0.2) is 0 Å². The van der Waals surface area contributed by atoms with E-state index in [2.05, 4.69) is 27.7 Å². The van der Waals surface area contributed by atoms with Crippen LogP contribution in [0, 0.1) is 0 Å². The van der Waals surface area contributed by atoms with Crippen molar-refractivity contribution in [1.82, 2.24) is 4.90 Å². The predicted molar refractivity (Wildman–Crippen MR) is 88.4 cm³/mol. The van der Waals surface area contributed by atoms with Gasteiger partial charge in [-0.05, 0) is 50.5 Å². The highest BCUT2D eigenvalue weighted by molar-refractivity contribution is 5.92. The third-order valence-corrected chi connectivity index (χ3v) is 3.92. The summed E-state index contributed by atoms with van der Waals surface area (Å²) in [7, 11) is 1.64. The predicted octanol–water partition coefficient (Wildman–Crippen LogP) is 4.13. The molecular weight excluding hydrogens is 262 g/mol. The lowest BCUT2D eigenvalue weighted by molar-refractivity contribution is -0.130. The van der Waals surface area contributed by atoms with Gasteiger partial charge in [-0.1, -0.05) is 26.0 Å². The molecule has 2 unspecified atom stereocenters. The van der Waals surface area contributed by atoms with Crippen molar-refractivity contribution in [2.45, 2.75) is 52.6 Å². The van der Waals surface area contributed by atoms with Crippen LogP contribution in [0.2, 0.25) is 0 Å². The van der Waals surface area contributed by atoms with Crippen molar-refractivity contribution in [2.75, 3.05) is 7.11 Å². The van der Waals surface area contributed by atoms with Crippen LogP contribution in [0.5, 0.6) is 5.75 Å². The Hall–Kier alpha value is -1.77. The summed E-state index contributed by atoms with van der Waals surface area (Å²) in [6, 6.07) is 8.19. The van der Waals surface area contributed by atoms with E-state index < -0.39 is 0 Å². The fraction of sp³-hybridized carbons (Fsp3) is 0.500. The van der Waals surface area contributed by atoms with E-state index in [0.29, 0.717) is 0 Å². The van der Waals surface area contributed by atoms with Crippen molar-refractivity contribution in [3.05, 3.63) is 35.9 Å². The zero-order valence-electron chi connectivity index (χ0n) is 13.8. The van der Waals surface area contributed by atoms with Gasteiger partial charge in [0.25, 0.3) is 0 Å². The highest BCUT2D eigenvalue weighted by atomic mass is 16.5. The first-order valence-corrected chi connectivity index (χ1v) is 7.67. The minimum atomic E-state index is 0.0783. The lowest BCUT2D eigenvalue weighted by Crippen LogP contribution is -2.43. The highest BCUT2D eigenvalue weighted by Gasteiger charge is 2.21. The number of carbonyl (C=O) groups is 1.